The van der Waals surface area contributed by atoms with Gasteiger partial charge < -0.3 is 14.8 Å². The summed E-state index contributed by atoms with van der Waals surface area (Å²) in [4.78, 5) is 12.9. The highest BCUT2D eigenvalue weighted by atomic mass is 15.2. The quantitative estimate of drug-likeness (QED) is 0.759. The first-order chi connectivity index (χ1) is 10.7. The molecule has 0 saturated carbocycles. The van der Waals surface area contributed by atoms with Crippen LogP contribution in [0.1, 0.15) is 5.56 Å². The first-order valence-electron chi connectivity index (χ1n) is 7.64. The van der Waals surface area contributed by atoms with Gasteiger partial charge in [0.25, 0.3) is 0 Å². The van der Waals surface area contributed by atoms with Crippen LogP contribution in [0.4, 0.5) is 5.69 Å². The summed E-state index contributed by atoms with van der Waals surface area (Å²) < 4.78 is 0. The lowest BCUT2D eigenvalue weighted by molar-refractivity contribution is 0.313. The molecule has 0 spiro atoms. The molecule has 0 unspecified atom stereocenters. The maximum absolute atomic E-state index is 4.70. The molecular formula is C16H20N6. The average molecular weight is 296 g/mol. The second-order valence-corrected chi connectivity index (χ2v) is 6.00. The van der Waals surface area contributed by atoms with Crippen LogP contribution in [-0.4, -0.2) is 58.3 Å². The van der Waals surface area contributed by atoms with Crippen LogP contribution >= 0.6 is 0 Å². The van der Waals surface area contributed by atoms with E-state index in [-0.39, 0.29) is 0 Å². The van der Waals surface area contributed by atoms with Crippen molar-refractivity contribution in [1.29, 1.82) is 0 Å². The van der Waals surface area contributed by atoms with Gasteiger partial charge in [-0.15, -0.1) is 0 Å². The molecule has 2 aromatic heterocycles. The summed E-state index contributed by atoms with van der Waals surface area (Å²) in [5, 5.41) is 6.95. The molecule has 3 heterocycles. The summed E-state index contributed by atoms with van der Waals surface area (Å²) in [5.74, 6) is 0.839. The summed E-state index contributed by atoms with van der Waals surface area (Å²) in [6, 6.07) is 6.38. The summed E-state index contributed by atoms with van der Waals surface area (Å²) in [6.07, 6.45) is 1.74. The highest BCUT2D eigenvalue weighted by Gasteiger charge is 2.16. The van der Waals surface area contributed by atoms with E-state index in [2.05, 4.69) is 51.1 Å². The van der Waals surface area contributed by atoms with Crippen molar-refractivity contribution in [2.45, 2.75) is 6.92 Å². The van der Waals surface area contributed by atoms with E-state index in [1.165, 1.54) is 11.3 Å². The summed E-state index contributed by atoms with van der Waals surface area (Å²) in [5.41, 5.74) is 5.50. The van der Waals surface area contributed by atoms with Gasteiger partial charge >= 0.3 is 0 Å². The number of nitrogens with one attached hydrogen (secondary N) is 2. The number of aryl methyl sites for hydroxylation is 1. The second kappa shape index (κ2) is 5.14. The first kappa shape index (κ1) is 13.3. The number of anilines is 1. The van der Waals surface area contributed by atoms with Crippen LogP contribution < -0.4 is 4.90 Å². The van der Waals surface area contributed by atoms with E-state index in [4.69, 9.17) is 4.98 Å². The predicted octanol–water partition coefficient (Wildman–Crippen LogP) is 2.01. The fourth-order valence-electron chi connectivity index (χ4n) is 3.03. The van der Waals surface area contributed by atoms with Gasteiger partial charge in [-0.3, -0.25) is 5.10 Å². The Morgan fingerprint density at radius 3 is 2.68 bits per heavy atom. The van der Waals surface area contributed by atoms with Crippen LogP contribution in [0.3, 0.4) is 0 Å². The molecule has 1 aromatic carbocycles. The summed E-state index contributed by atoms with van der Waals surface area (Å²) >= 11 is 0. The minimum Gasteiger partial charge on any atom is -0.369 e. The van der Waals surface area contributed by atoms with Crippen molar-refractivity contribution in [1.82, 2.24) is 25.1 Å². The Bertz CT molecular complexity index is 780. The van der Waals surface area contributed by atoms with Crippen LogP contribution in [0.5, 0.6) is 0 Å². The number of H-pyrrole nitrogens is 2. The van der Waals surface area contributed by atoms with Gasteiger partial charge in [0, 0.05) is 38.1 Å². The Balaban J connectivity index is 1.73. The van der Waals surface area contributed by atoms with Crippen molar-refractivity contribution in [3.63, 3.8) is 0 Å². The molecule has 6 nitrogen and oxygen atoms in total. The molecule has 2 N–H and O–H groups in total. The van der Waals surface area contributed by atoms with Gasteiger partial charge in [-0.2, -0.15) is 5.10 Å². The number of rotatable bonds is 2. The third-order valence-electron chi connectivity index (χ3n) is 4.39. The molecule has 1 aliphatic rings. The number of likely N-dealkylation sites (N-methyl/N-ethyl adjacent to an activating group) is 1. The SMILES string of the molecule is Cc1cc(N2CCN(C)CC2)cc2[nH]c(-c3ccn[nH]3)nc12. The first-order valence-corrected chi connectivity index (χ1v) is 7.64. The van der Waals surface area contributed by atoms with Gasteiger partial charge in [0.2, 0.25) is 0 Å². The zero-order valence-corrected chi connectivity index (χ0v) is 12.9. The van der Waals surface area contributed by atoms with E-state index in [0.29, 0.717) is 0 Å². The Morgan fingerprint density at radius 2 is 1.95 bits per heavy atom. The van der Waals surface area contributed by atoms with Crippen LogP contribution in [0.15, 0.2) is 24.4 Å². The topological polar surface area (TPSA) is 63.8 Å². The number of hydrogen-bond donors (Lipinski definition) is 2. The summed E-state index contributed by atoms with van der Waals surface area (Å²) in [6.45, 7) is 6.49. The summed E-state index contributed by atoms with van der Waals surface area (Å²) in [7, 11) is 2.18. The van der Waals surface area contributed by atoms with Crippen LogP contribution in [0.2, 0.25) is 0 Å². The van der Waals surface area contributed by atoms with Gasteiger partial charge in [0.1, 0.15) is 5.69 Å². The van der Waals surface area contributed by atoms with Crippen molar-refractivity contribution in [2.75, 3.05) is 38.1 Å². The number of nitrogens with zero attached hydrogens (tertiary/aromatic N) is 4. The van der Waals surface area contributed by atoms with Crippen molar-refractivity contribution >= 4 is 16.7 Å². The van der Waals surface area contributed by atoms with Crippen LogP contribution in [0.25, 0.3) is 22.6 Å². The molecular weight excluding hydrogens is 276 g/mol. The fraction of sp³-hybridized carbons (Fsp3) is 0.375. The molecule has 0 bridgehead atoms. The Hall–Kier alpha value is -2.34. The minimum absolute atomic E-state index is 0.839. The monoisotopic (exact) mass is 296 g/mol. The molecule has 4 rings (SSSR count). The number of fused-ring (bicyclic) bond motifs is 1. The lowest BCUT2D eigenvalue weighted by Gasteiger charge is -2.34. The van der Waals surface area contributed by atoms with Crippen LogP contribution in [0, 0.1) is 6.92 Å². The average Bonchev–Trinajstić information content (AvgIpc) is 3.17. The molecule has 0 radical (unpaired) electrons. The van der Waals surface area contributed by atoms with Crippen molar-refractivity contribution in [3.05, 3.63) is 30.0 Å². The molecule has 6 heteroatoms. The number of benzene rings is 1. The molecule has 0 amide bonds. The number of piperazine rings is 1. The highest BCUT2D eigenvalue weighted by molar-refractivity contribution is 5.85. The minimum atomic E-state index is 0.839. The van der Waals surface area contributed by atoms with E-state index in [0.717, 1.165) is 48.7 Å². The van der Waals surface area contributed by atoms with Gasteiger partial charge in [-0.05, 0) is 37.7 Å². The molecule has 3 aromatic rings. The van der Waals surface area contributed by atoms with Crippen molar-refractivity contribution in [2.24, 2.45) is 0 Å². The number of aromatic nitrogens is 4. The van der Waals surface area contributed by atoms with E-state index in [9.17, 15) is 0 Å². The van der Waals surface area contributed by atoms with E-state index < -0.39 is 0 Å². The van der Waals surface area contributed by atoms with Crippen molar-refractivity contribution in [3.8, 4) is 11.5 Å². The highest BCUT2D eigenvalue weighted by Crippen LogP contribution is 2.27. The van der Waals surface area contributed by atoms with Gasteiger partial charge in [-0.25, -0.2) is 4.98 Å². The third-order valence-corrected chi connectivity index (χ3v) is 4.39. The maximum Gasteiger partial charge on any atom is 0.156 e. The van der Waals surface area contributed by atoms with E-state index >= 15 is 0 Å². The molecule has 1 fully saturated rings. The molecule has 0 atom stereocenters. The van der Waals surface area contributed by atoms with Gasteiger partial charge in [0.15, 0.2) is 5.82 Å². The largest absolute Gasteiger partial charge is 0.369 e. The zero-order valence-electron chi connectivity index (χ0n) is 12.9. The van der Waals surface area contributed by atoms with E-state index in [1.807, 2.05) is 6.07 Å². The van der Waals surface area contributed by atoms with Crippen LogP contribution in [-0.2, 0) is 0 Å². The lowest BCUT2D eigenvalue weighted by Crippen LogP contribution is -2.44. The third kappa shape index (κ3) is 2.25. The Kier molecular flexibility index (Phi) is 3.11. The Labute approximate surface area is 129 Å². The smallest absolute Gasteiger partial charge is 0.156 e. The molecule has 0 aliphatic carbocycles. The normalized spacial score (nSPS) is 16.5. The predicted molar refractivity (Wildman–Crippen MR) is 88.1 cm³/mol. The van der Waals surface area contributed by atoms with E-state index in [1.54, 1.807) is 6.20 Å². The lowest BCUT2D eigenvalue weighted by atomic mass is 10.1. The van der Waals surface area contributed by atoms with Gasteiger partial charge in [0.05, 0.1) is 11.0 Å². The fourth-order valence-corrected chi connectivity index (χ4v) is 3.03. The molecule has 1 saturated heterocycles. The van der Waals surface area contributed by atoms with Crippen molar-refractivity contribution < 1.29 is 0 Å². The maximum atomic E-state index is 4.70. The van der Waals surface area contributed by atoms with Gasteiger partial charge in [-0.1, -0.05) is 0 Å². The zero-order chi connectivity index (χ0) is 15.1. The Morgan fingerprint density at radius 1 is 1.14 bits per heavy atom. The number of imidazole rings is 1. The standard InChI is InChI=1S/C16H20N6/c1-11-9-12(22-7-5-21(2)6-8-22)10-14-15(11)19-16(18-14)13-3-4-17-20-13/h3-4,9-10H,5-8H2,1-2H3,(H,17,20)(H,18,19). The second-order valence-electron chi connectivity index (χ2n) is 6.00. The number of hydrogen-bond acceptors (Lipinski definition) is 4. The molecule has 22 heavy (non-hydrogen) atoms. The molecule has 1 aliphatic heterocycles. The number of aromatic amines is 2. The molecule has 114 valence electrons.